The maximum atomic E-state index is 5.35. The van der Waals surface area contributed by atoms with Gasteiger partial charge in [0.1, 0.15) is 5.75 Å². The lowest BCUT2D eigenvalue weighted by Crippen LogP contribution is -2.12. The van der Waals surface area contributed by atoms with Crippen LogP contribution in [0.25, 0.3) is 5.69 Å². The van der Waals surface area contributed by atoms with E-state index in [1.54, 1.807) is 13.3 Å². The van der Waals surface area contributed by atoms with Gasteiger partial charge in [0.15, 0.2) is 0 Å². The predicted octanol–water partition coefficient (Wildman–Crippen LogP) is 4.47. The molecular weight excluding hydrogens is 386 g/mol. The van der Waals surface area contributed by atoms with Crippen LogP contribution in [0.15, 0.2) is 33.5 Å². The first kappa shape index (κ1) is 15.4. The van der Waals surface area contributed by atoms with Crippen LogP contribution >= 0.6 is 31.9 Å². The molecule has 20 heavy (non-hydrogen) atoms. The molecule has 0 aliphatic heterocycles. The van der Waals surface area contributed by atoms with Crippen molar-refractivity contribution in [2.75, 3.05) is 19.0 Å². The number of halogens is 2. The van der Waals surface area contributed by atoms with Crippen molar-refractivity contribution in [3.63, 3.8) is 0 Å². The first-order chi connectivity index (χ1) is 9.52. The summed E-state index contributed by atoms with van der Waals surface area (Å²) in [5.74, 6) is 2.17. The van der Waals surface area contributed by atoms with Gasteiger partial charge >= 0.3 is 0 Å². The van der Waals surface area contributed by atoms with Gasteiger partial charge in [0.2, 0.25) is 5.95 Å². The van der Waals surface area contributed by atoms with Crippen LogP contribution in [-0.2, 0) is 0 Å². The minimum atomic E-state index is 0.558. The van der Waals surface area contributed by atoms with Gasteiger partial charge in [-0.15, -0.1) is 0 Å². The Morgan fingerprint density at radius 1 is 1.30 bits per heavy atom. The molecule has 0 radical (unpaired) electrons. The van der Waals surface area contributed by atoms with Crippen molar-refractivity contribution in [3.05, 3.63) is 33.5 Å². The third-order valence-electron chi connectivity index (χ3n) is 2.79. The van der Waals surface area contributed by atoms with Crippen molar-refractivity contribution in [2.24, 2.45) is 5.92 Å². The van der Waals surface area contributed by atoms with Crippen molar-refractivity contribution in [3.8, 4) is 11.4 Å². The lowest BCUT2D eigenvalue weighted by molar-refractivity contribution is 0.412. The molecule has 0 saturated heterocycles. The Morgan fingerprint density at radius 3 is 2.70 bits per heavy atom. The van der Waals surface area contributed by atoms with E-state index >= 15 is 0 Å². The molecule has 0 amide bonds. The van der Waals surface area contributed by atoms with Crippen LogP contribution in [0.5, 0.6) is 5.75 Å². The minimum absolute atomic E-state index is 0.558. The fraction of sp³-hybridized carbons (Fsp3) is 0.357. The summed E-state index contributed by atoms with van der Waals surface area (Å²) in [5.41, 5.74) is 0.980. The van der Waals surface area contributed by atoms with Crippen molar-refractivity contribution in [1.29, 1.82) is 0 Å². The molecule has 4 nitrogen and oxygen atoms in total. The zero-order valence-electron chi connectivity index (χ0n) is 11.7. The van der Waals surface area contributed by atoms with Gasteiger partial charge in [0.05, 0.1) is 17.3 Å². The topological polar surface area (TPSA) is 39.1 Å². The van der Waals surface area contributed by atoms with Gasteiger partial charge in [-0.25, -0.2) is 4.98 Å². The molecule has 2 rings (SSSR count). The van der Waals surface area contributed by atoms with Gasteiger partial charge < -0.3 is 10.1 Å². The Hall–Kier alpha value is -1.01. The predicted molar refractivity (Wildman–Crippen MR) is 88.8 cm³/mol. The van der Waals surface area contributed by atoms with Gasteiger partial charge in [-0.05, 0) is 43.8 Å². The number of rotatable bonds is 5. The molecule has 0 fully saturated rings. The molecule has 0 aliphatic rings. The zero-order valence-corrected chi connectivity index (χ0v) is 14.8. The van der Waals surface area contributed by atoms with Gasteiger partial charge in [-0.3, -0.25) is 4.57 Å². The summed E-state index contributed by atoms with van der Waals surface area (Å²) in [6.45, 7) is 5.21. The highest BCUT2D eigenvalue weighted by atomic mass is 79.9. The van der Waals surface area contributed by atoms with E-state index < -0.39 is 0 Å². The summed E-state index contributed by atoms with van der Waals surface area (Å²) >= 11 is 7.06. The molecule has 0 atom stereocenters. The lowest BCUT2D eigenvalue weighted by Gasteiger charge is -2.14. The van der Waals surface area contributed by atoms with Crippen LogP contribution in [0, 0.1) is 5.92 Å². The smallest absolute Gasteiger partial charge is 0.207 e. The number of nitrogens with zero attached hydrogens (tertiary/aromatic N) is 2. The molecule has 0 aliphatic carbocycles. The Labute approximate surface area is 135 Å². The Bertz CT molecular complexity index is 596. The highest BCUT2D eigenvalue weighted by Crippen LogP contribution is 2.34. The average molecular weight is 403 g/mol. The van der Waals surface area contributed by atoms with E-state index in [4.69, 9.17) is 4.74 Å². The van der Waals surface area contributed by atoms with Gasteiger partial charge in [-0.1, -0.05) is 13.8 Å². The van der Waals surface area contributed by atoms with Gasteiger partial charge in [-0.2, -0.15) is 0 Å². The van der Waals surface area contributed by atoms with Crippen LogP contribution in [0.2, 0.25) is 0 Å². The summed E-state index contributed by atoms with van der Waals surface area (Å²) < 4.78 is 9.23. The fourth-order valence-corrected chi connectivity index (χ4v) is 3.13. The standard InChI is InChI=1S/C14H17Br2N3O/c1-9(2)8-18-14-17-4-5-19(14)12-7-13(20-3)11(16)6-10(12)15/h4-7,9H,8H2,1-3H3,(H,17,18). The van der Waals surface area contributed by atoms with Crippen LogP contribution < -0.4 is 10.1 Å². The number of hydrogen-bond acceptors (Lipinski definition) is 3. The molecule has 6 heteroatoms. The average Bonchev–Trinajstić information content (AvgIpc) is 2.84. The first-order valence-corrected chi connectivity index (χ1v) is 7.92. The van der Waals surface area contributed by atoms with Crippen LogP contribution in [0.4, 0.5) is 5.95 Å². The van der Waals surface area contributed by atoms with Crippen LogP contribution in [-0.4, -0.2) is 23.2 Å². The molecule has 1 aromatic carbocycles. The second kappa shape index (κ2) is 6.63. The van der Waals surface area contributed by atoms with E-state index in [0.29, 0.717) is 5.92 Å². The lowest BCUT2D eigenvalue weighted by atomic mass is 10.2. The molecule has 0 spiro atoms. The number of aromatic nitrogens is 2. The molecule has 108 valence electrons. The van der Waals surface area contributed by atoms with Crippen LogP contribution in [0.3, 0.4) is 0 Å². The number of methoxy groups -OCH3 is 1. The molecule has 1 N–H and O–H groups in total. The second-order valence-corrected chi connectivity index (χ2v) is 6.54. The fourth-order valence-electron chi connectivity index (χ4n) is 1.78. The number of nitrogens with one attached hydrogen (secondary N) is 1. The number of ether oxygens (including phenoxy) is 1. The largest absolute Gasteiger partial charge is 0.495 e. The molecular formula is C14H17Br2N3O. The highest BCUT2D eigenvalue weighted by molar-refractivity contribution is 9.11. The maximum Gasteiger partial charge on any atom is 0.207 e. The van der Waals surface area contributed by atoms with Gasteiger partial charge in [0.25, 0.3) is 0 Å². The second-order valence-electron chi connectivity index (χ2n) is 4.83. The third-order valence-corrected chi connectivity index (χ3v) is 4.04. The molecule has 1 aromatic heterocycles. The number of imidazole rings is 1. The van der Waals surface area contributed by atoms with E-state index in [1.807, 2.05) is 22.9 Å². The first-order valence-electron chi connectivity index (χ1n) is 6.33. The summed E-state index contributed by atoms with van der Waals surface area (Å²) in [6.07, 6.45) is 3.71. The van der Waals surface area contributed by atoms with E-state index in [-0.39, 0.29) is 0 Å². The summed E-state index contributed by atoms with van der Waals surface area (Å²) in [6, 6.07) is 3.94. The number of anilines is 1. The molecule has 1 heterocycles. The molecule has 2 aromatic rings. The van der Waals surface area contributed by atoms with Crippen molar-refractivity contribution >= 4 is 37.8 Å². The Balaban J connectivity index is 2.39. The molecule has 0 bridgehead atoms. The Morgan fingerprint density at radius 2 is 2.05 bits per heavy atom. The van der Waals surface area contributed by atoms with Crippen molar-refractivity contribution in [1.82, 2.24) is 9.55 Å². The molecule has 0 unspecified atom stereocenters. The van der Waals surface area contributed by atoms with Crippen molar-refractivity contribution in [2.45, 2.75) is 13.8 Å². The maximum absolute atomic E-state index is 5.35. The molecule has 0 saturated carbocycles. The number of hydrogen-bond donors (Lipinski definition) is 1. The minimum Gasteiger partial charge on any atom is -0.495 e. The third kappa shape index (κ3) is 3.35. The highest BCUT2D eigenvalue weighted by Gasteiger charge is 2.12. The quantitative estimate of drug-likeness (QED) is 0.801. The number of benzene rings is 1. The summed E-state index contributed by atoms with van der Waals surface area (Å²) in [4.78, 5) is 4.36. The van der Waals surface area contributed by atoms with E-state index in [9.17, 15) is 0 Å². The SMILES string of the molecule is COc1cc(-n2ccnc2NCC(C)C)c(Br)cc1Br. The monoisotopic (exact) mass is 401 g/mol. The van der Waals surface area contributed by atoms with Crippen molar-refractivity contribution < 1.29 is 4.74 Å². The Kier molecular flexibility index (Phi) is 5.10. The van der Waals surface area contributed by atoms with E-state index in [0.717, 1.165) is 32.9 Å². The summed E-state index contributed by atoms with van der Waals surface area (Å²) in [5, 5.41) is 3.35. The normalized spacial score (nSPS) is 10.9. The van der Waals surface area contributed by atoms with Gasteiger partial charge in [0, 0.05) is 29.5 Å². The van der Waals surface area contributed by atoms with E-state index in [2.05, 4.69) is 56.0 Å². The van der Waals surface area contributed by atoms with Crippen LogP contribution in [0.1, 0.15) is 13.8 Å². The zero-order chi connectivity index (χ0) is 14.7. The van der Waals surface area contributed by atoms with E-state index in [1.165, 1.54) is 0 Å². The summed E-state index contributed by atoms with van der Waals surface area (Å²) in [7, 11) is 1.66.